The van der Waals surface area contributed by atoms with Crippen molar-refractivity contribution >= 4 is 15.9 Å². The molecule has 0 aromatic carbocycles. The van der Waals surface area contributed by atoms with Crippen molar-refractivity contribution in [3.05, 3.63) is 30.6 Å². The van der Waals surface area contributed by atoms with Gasteiger partial charge in [-0.15, -0.1) is 0 Å². The van der Waals surface area contributed by atoms with Crippen molar-refractivity contribution in [2.75, 3.05) is 0 Å². The maximum Gasteiger partial charge on any atom is 0.202 e. The van der Waals surface area contributed by atoms with Gasteiger partial charge in [-0.3, -0.25) is 0 Å². The van der Waals surface area contributed by atoms with Gasteiger partial charge in [0.1, 0.15) is 0 Å². The molecule has 42 valence electrons. The molecule has 0 aliphatic carbocycles. The zero-order valence-electron chi connectivity index (χ0n) is 4.42. The number of aromatic nitrogens is 1. The van der Waals surface area contributed by atoms with Crippen LogP contribution in [0.2, 0.25) is 0 Å². The Labute approximate surface area is 57.1 Å². The Morgan fingerprint density at radius 1 is 1.12 bits per heavy atom. The Balaban J connectivity index is 2.83. The SMILES string of the molecule is BrC[n+]1ccccc1. The highest BCUT2D eigenvalue weighted by atomic mass is 79.9. The largest absolute Gasteiger partial charge is 0.202 e. The minimum atomic E-state index is 0.869. The molecule has 0 saturated carbocycles. The van der Waals surface area contributed by atoms with Crippen LogP contribution in [0.5, 0.6) is 0 Å². The summed E-state index contributed by atoms with van der Waals surface area (Å²) in [4.78, 5) is 0. The molecule has 1 heterocycles. The van der Waals surface area contributed by atoms with Gasteiger partial charge in [0.2, 0.25) is 5.45 Å². The van der Waals surface area contributed by atoms with E-state index in [1.807, 2.05) is 35.2 Å². The molecule has 8 heavy (non-hydrogen) atoms. The number of nitrogens with zero attached hydrogens (tertiary/aromatic N) is 1. The van der Waals surface area contributed by atoms with Crippen molar-refractivity contribution < 1.29 is 4.57 Å². The molecule has 1 aromatic rings. The molecule has 1 rings (SSSR count). The number of hydrogen-bond acceptors (Lipinski definition) is 0. The van der Waals surface area contributed by atoms with Gasteiger partial charge < -0.3 is 0 Å². The molecule has 2 heteroatoms. The van der Waals surface area contributed by atoms with Crippen LogP contribution >= 0.6 is 15.9 Å². The third kappa shape index (κ3) is 1.30. The molecule has 0 atom stereocenters. The molecule has 1 nitrogen and oxygen atoms in total. The monoisotopic (exact) mass is 172 g/mol. The van der Waals surface area contributed by atoms with Crippen LogP contribution in [0.4, 0.5) is 0 Å². The van der Waals surface area contributed by atoms with Gasteiger partial charge in [-0.25, -0.2) is 0 Å². The Morgan fingerprint density at radius 2 is 1.75 bits per heavy atom. The lowest BCUT2D eigenvalue weighted by atomic mass is 10.5. The van der Waals surface area contributed by atoms with Crippen LogP contribution in [0.25, 0.3) is 0 Å². The Morgan fingerprint density at radius 3 is 2.12 bits per heavy atom. The molecule has 0 aliphatic heterocycles. The van der Waals surface area contributed by atoms with Crippen LogP contribution in [0.15, 0.2) is 30.6 Å². The van der Waals surface area contributed by atoms with Crippen LogP contribution in [0, 0.1) is 0 Å². The summed E-state index contributed by atoms with van der Waals surface area (Å²) in [7, 11) is 0. The van der Waals surface area contributed by atoms with Crippen LogP contribution in [0.1, 0.15) is 0 Å². The Bertz CT molecular complexity index is 150. The van der Waals surface area contributed by atoms with Crippen molar-refractivity contribution in [3.8, 4) is 0 Å². The first-order valence-corrected chi connectivity index (χ1v) is 3.55. The molecule has 0 N–H and O–H groups in total. The summed E-state index contributed by atoms with van der Waals surface area (Å²) in [6, 6.07) is 6.00. The van der Waals surface area contributed by atoms with E-state index < -0.39 is 0 Å². The molecule has 0 aliphatic rings. The van der Waals surface area contributed by atoms with Gasteiger partial charge in [0.15, 0.2) is 12.4 Å². The van der Waals surface area contributed by atoms with Gasteiger partial charge in [-0.2, -0.15) is 4.57 Å². The third-order valence-electron chi connectivity index (χ3n) is 0.915. The molecule has 0 fully saturated rings. The number of rotatable bonds is 1. The predicted octanol–water partition coefficient (Wildman–Crippen LogP) is 1.33. The first-order valence-electron chi connectivity index (χ1n) is 2.43. The minimum absolute atomic E-state index is 0.869. The fourth-order valence-corrected chi connectivity index (χ4v) is 0.848. The van der Waals surface area contributed by atoms with E-state index in [-0.39, 0.29) is 0 Å². The Hall–Kier alpha value is -0.370. The maximum absolute atomic E-state index is 3.32. The highest BCUT2D eigenvalue weighted by Gasteiger charge is 1.87. The van der Waals surface area contributed by atoms with Crippen molar-refractivity contribution in [3.63, 3.8) is 0 Å². The van der Waals surface area contributed by atoms with E-state index in [0.29, 0.717) is 0 Å². The van der Waals surface area contributed by atoms with Crippen molar-refractivity contribution in [2.24, 2.45) is 0 Å². The van der Waals surface area contributed by atoms with Gasteiger partial charge in [0.05, 0.1) is 0 Å². The van der Waals surface area contributed by atoms with Crippen LogP contribution in [-0.2, 0) is 5.45 Å². The average molecular weight is 173 g/mol. The lowest BCUT2D eigenvalue weighted by Gasteiger charge is -1.83. The normalized spacial score (nSPS) is 9.12. The molecule has 1 aromatic heterocycles. The van der Waals surface area contributed by atoms with Crippen molar-refractivity contribution in [1.29, 1.82) is 0 Å². The third-order valence-corrected chi connectivity index (χ3v) is 1.49. The summed E-state index contributed by atoms with van der Waals surface area (Å²) >= 11 is 3.32. The first-order chi connectivity index (χ1) is 3.93. The number of pyridine rings is 1. The highest BCUT2D eigenvalue weighted by molar-refractivity contribution is 9.08. The van der Waals surface area contributed by atoms with Gasteiger partial charge >= 0.3 is 0 Å². The molecule has 0 saturated heterocycles. The second-order valence-electron chi connectivity index (χ2n) is 1.51. The number of halogens is 1. The summed E-state index contributed by atoms with van der Waals surface area (Å²) in [5, 5.41) is 0. The smallest absolute Gasteiger partial charge is 0.195 e. The maximum atomic E-state index is 3.32. The lowest BCUT2D eigenvalue weighted by molar-refractivity contribution is -0.674. The van der Waals surface area contributed by atoms with E-state index in [1.165, 1.54) is 0 Å². The second-order valence-corrected chi connectivity index (χ2v) is 2.01. The van der Waals surface area contributed by atoms with Gasteiger partial charge in [0, 0.05) is 12.1 Å². The molecule has 0 bridgehead atoms. The summed E-state index contributed by atoms with van der Waals surface area (Å²) in [5.74, 6) is 0. The molecule has 0 radical (unpaired) electrons. The summed E-state index contributed by atoms with van der Waals surface area (Å²) in [6.45, 7) is 0. The molecule has 0 unspecified atom stereocenters. The lowest BCUT2D eigenvalue weighted by Crippen LogP contribution is -2.28. The fourth-order valence-electron chi connectivity index (χ4n) is 0.514. The number of hydrogen-bond donors (Lipinski definition) is 0. The molecule has 0 spiro atoms. The second kappa shape index (κ2) is 2.82. The summed E-state index contributed by atoms with van der Waals surface area (Å²) in [6.07, 6.45) is 4.02. The topological polar surface area (TPSA) is 3.88 Å². The average Bonchev–Trinajstić information content (AvgIpc) is 1.90. The van der Waals surface area contributed by atoms with Gasteiger partial charge in [-0.05, 0) is 15.9 Å². The van der Waals surface area contributed by atoms with Crippen molar-refractivity contribution in [1.82, 2.24) is 0 Å². The van der Waals surface area contributed by atoms with E-state index in [9.17, 15) is 0 Å². The van der Waals surface area contributed by atoms with Gasteiger partial charge in [-0.1, -0.05) is 6.07 Å². The van der Waals surface area contributed by atoms with Crippen LogP contribution < -0.4 is 4.57 Å². The van der Waals surface area contributed by atoms with Crippen LogP contribution in [-0.4, -0.2) is 0 Å². The highest BCUT2D eigenvalue weighted by Crippen LogP contribution is 1.80. The van der Waals surface area contributed by atoms with E-state index in [4.69, 9.17) is 0 Å². The summed E-state index contributed by atoms with van der Waals surface area (Å²) in [5.41, 5.74) is 0.869. The molecular weight excluding hydrogens is 166 g/mol. The van der Waals surface area contributed by atoms with E-state index in [0.717, 1.165) is 5.45 Å². The Kier molecular flexibility index (Phi) is 2.03. The zero-order chi connectivity index (χ0) is 5.82. The van der Waals surface area contributed by atoms with Gasteiger partial charge in [0.25, 0.3) is 0 Å². The van der Waals surface area contributed by atoms with E-state index >= 15 is 0 Å². The predicted molar refractivity (Wildman–Crippen MR) is 35.6 cm³/mol. The fraction of sp³-hybridized carbons (Fsp3) is 0.167. The van der Waals surface area contributed by atoms with Crippen LogP contribution in [0.3, 0.4) is 0 Å². The minimum Gasteiger partial charge on any atom is -0.195 e. The summed E-state index contributed by atoms with van der Waals surface area (Å²) < 4.78 is 2.04. The zero-order valence-corrected chi connectivity index (χ0v) is 6.01. The molecule has 0 amide bonds. The quantitative estimate of drug-likeness (QED) is 0.445. The van der Waals surface area contributed by atoms with Crippen molar-refractivity contribution in [2.45, 2.75) is 5.45 Å². The first kappa shape index (κ1) is 5.76. The van der Waals surface area contributed by atoms with E-state index in [1.54, 1.807) is 0 Å². The van der Waals surface area contributed by atoms with E-state index in [2.05, 4.69) is 15.9 Å². The molecular formula is C6H7BrN+. The number of alkyl halides is 1. The standard InChI is InChI=1S/C6H7BrN/c7-6-8-4-2-1-3-5-8/h1-5H,6H2/q+1.